The Bertz CT molecular complexity index is 1210. The fourth-order valence-corrected chi connectivity index (χ4v) is 3.73. The highest BCUT2D eigenvalue weighted by atomic mass is 16.2. The van der Waals surface area contributed by atoms with Crippen molar-refractivity contribution in [2.75, 3.05) is 12.4 Å². The third kappa shape index (κ3) is 4.81. The SMILES string of the molecule is CN(Cc1ccccc1)C(=O)c1ccccc1NC(=O)Cc1cccc2ccccc12. The van der Waals surface area contributed by atoms with Gasteiger partial charge in [0.2, 0.25) is 5.91 Å². The van der Waals surface area contributed by atoms with Gasteiger partial charge >= 0.3 is 0 Å². The Morgan fingerprint density at radius 2 is 1.45 bits per heavy atom. The van der Waals surface area contributed by atoms with Gasteiger partial charge in [0, 0.05) is 13.6 Å². The van der Waals surface area contributed by atoms with Gasteiger partial charge < -0.3 is 10.2 Å². The van der Waals surface area contributed by atoms with Crippen molar-refractivity contribution < 1.29 is 9.59 Å². The fourth-order valence-electron chi connectivity index (χ4n) is 3.73. The lowest BCUT2D eigenvalue weighted by Gasteiger charge is -2.19. The molecule has 0 heterocycles. The summed E-state index contributed by atoms with van der Waals surface area (Å²) in [4.78, 5) is 27.5. The number of hydrogen-bond acceptors (Lipinski definition) is 2. The molecule has 31 heavy (non-hydrogen) atoms. The van der Waals surface area contributed by atoms with Crippen molar-refractivity contribution >= 4 is 28.3 Å². The molecule has 0 aliphatic rings. The first kappa shape index (κ1) is 20.4. The summed E-state index contributed by atoms with van der Waals surface area (Å²) in [6.07, 6.45) is 0.240. The van der Waals surface area contributed by atoms with Gasteiger partial charge in [0.15, 0.2) is 0 Å². The van der Waals surface area contributed by atoms with Crippen LogP contribution in [0.15, 0.2) is 97.1 Å². The van der Waals surface area contributed by atoms with Gasteiger partial charge in [0.1, 0.15) is 0 Å². The molecule has 0 bridgehead atoms. The standard InChI is InChI=1S/C27H24N2O2/c1-29(19-20-10-3-2-4-11-20)27(31)24-16-7-8-17-25(24)28-26(30)18-22-14-9-13-21-12-5-6-15-23(21)22/h2-17H,18-19H2,1H3,(H,28,30). The summed E-state index contributed by atoms with van der Waals surface area (Å²) >= 11 is 0. The average Bonchev–Trinajstić information content (AvgIpc) is 2.80. The van der Waals surface area contributed by atoms with Crippen molar-refractivity contribution in [3.63, 3.8) is 0 Å². The second kappa shape index (κ2) is 9.26. The lowest BCUT2D eigenvalue weighted by molar-refractivity contribution is -0.115. The number of nitrogens with one attached hydrogen (secondary N) is 1. The highest BCUT2D eigenvalue weighted by Gasteiger charge is 2.17. The molecule has 0 unspecified atom stereocenters. The number of fused-ring (bicyclic) bond motifs is 1. The number of para-hydroxylation sites is 1. The number of amides is 2. The molecule has 4 aromatic rings. The Morgan fingerprint density at radius 1 is 0.774 bits per heavy atom. The number of anilines is 1. The van der Waals surface area contributed by atoms with Gasteiger partial charge in [-0.1, -0.05) is 84.9 Å². The summed E-state index contributed by atoms with van der Waals surface area (Å²) in [5, 5.41) is 5.10. The van der Waals surface area contributed by atoms with E-state index in [4.69, 9.17) is 0 Å². The predicted octanol–water partition coefficient (Wildman–Crippen LogP) is 5.29. The average molecular weight is 409 g/mol. The molecule has 0 aliphatic heterocycles. The van der Waals surface area contributed by atoms with Crippen LogP contribution in [0, 0.1) is 0 Å². The van der Waals surface area contributed by atoms with E-state index in [9.17, 15) is 9.59 Å². The van der Waals surface area contributed by atoms with E-state index in [-0.39, 0.29) is 18.2 Å². The topological polar surface area (TPSA) is 49.4 Å². The lowest BCUT2D eigenvalue weighted by Crippen LogP contribution is -2.27. The third-order valence-corrected chi connectivity index (χ3v) is 5.27. The largest absolute Gasteiger partial charge is 0.337 e. The van der Waals surface area contributed by atoms with Crippen molar-refractivity contribution in [2.45, 2.75) is 13.0 Å². The van der Waals surface area contributed by atoms with Crippen LogP contribution in [0.4, 0.5) is 5.69 Å². The van der Waals surface area contributed by atoms with Crippen LogP contribution in [0.25, 0.3) is 10.8 Å². The van der Waals surface area contributed by atoms with Gasteiger partial charge in [-0.05, 0) is 34.0 Å². The molecule has 0 spiro atoms. The van der Waals surface area contributed by atoms with Crippen molar-refractivity contribution in [1.82, 2.24) is 4.90 Å². The summed E-state index contributed by atoms with van der Waals surface area (Å²) in [5.41, 5.74) is 3.02. The van der Waals surface area contributed by atoms with Gasteiger partial charge in [-0.15, -0.1) is 0 Å². The molecule has 4 aromatic carbocycles. The van der Waals surface area contributed by atoms with Crippen LogP contribution in [-0.4, -0.2) is 23.8 Å². The van der Waals surface area contributed by atoms with Crippen LogP contribution in [0.2, 0.25) is 0 Å². The van der Waals surface area contributed by atoms with Crippen LogP contribution in [-0.2, 0) is 17.8 Å². The van der Waals surface area contributed by atoms with Crippen LogP contribution < -0.4 is 5.32 Å². The van der Waals surface area contributed by atoms with Crippen molar-refractivity contribution in [2.24, 2.45) is 0 Å². The first-order valence-corrected chi connectivity index (χ1v) is 10.3. The molecular weight excluding hydrogens is 384 g/mol. The van der Waals surface area contributed by atoms with E-state index in [1.54, 1.807) is 24.1 Å². The minimum Gasteiger partial charge on any atom is -0.337 e. The Labute approximate surface area is 182 Å². The Kier molecular flexibility index (Phi) is 6.08. The lowest BCUT2D eigenvalue weighted by atomic mass is 10.0. The molecule has 0 radical (unpaired) electrons. The summed E-state index contributed by atoms with van der Waals surface area (Å²) in [6, 6.07) is 31.0. The maximum absolute atomic E-state index is 13.1. The summed E-state index contributed by atoms with van der Waals surface area (Å²) in [6.45, 7) is 0.498. The zero-order valence-corrected chi connectivity index (χ0v) is 17.4. The fraction of sp³-hybridized carbons (Fsp3) is 0.111. The van der Waals surface area contributed by atoms with Crippen molar-refractivity contribution in [3.05, 3.63) is 114 Å². The smallest absolute Gasteiger partial charge is 0.256 e. The highest BCUT2D eigenvalue weighted by Crippen LogP contribution is 2.21. The highest BCUT2D eigenvalue weighted by molar-refractivity contribution is 6.04. The maximum Gasteiger partial charge on any atom is 0.256 e. The molecule has 154 valence electrons. The van der Waals surface area contributed by atoms with E-state index >= 15 is 0 Å². The molecule has 1 N–H and O–H groups in total. The number of carbonyl (C=O) groups excluding carboxylic acids is 2. The molecule has 2 amide bonds. The predicted molar refractivity (Wildman–Crippen MR) is 125 cm³/mol. The molecule has 0 aromatic heterocycles. The molecular formula is C27H24N2O2. The minimum absolute atomic E-state index is 0.134. The number of hydrogen-bond donors (Lipinski definition) is 1. The van der Waals surface area contributed by atoms with E-state index in [2.05, 4.69) is 5.32 Å². The Balaban J connectivity index is 1.50. The second-order valence-electron chi connectivity index (χ2n) is 7.56. The monoisotopic (exact) mass is 408 g/mol. The zero-order valence-electron chi connectivity index (χ0n) is 17.4. The summed E-state index contributed by atoms with van der Waals surface area (Å²) < 4.78 is 0. The van der Waals surface area contributed by atoms with E-state index in [1.807, 2.05) is 84.9 Å². The second-order valence-corrected chi connectivity index (χ2v) is 7.56. The van der Waals surface area contributed by atoms with Crippen LogP contribution in [0.5, 0.6) is 0 Å². The van der Waals surface area contributed by atoms with Gasteiger partial charge in [0.05, 0.1) is 17.7 Å². The quantitative estimate of drug-likeness (QED) is 0.471. The minimum atomic E-state index is -0.151. The van der Waals surface area contributed by atoms with Gasteiger partial charge in [-0.2, -0.15) is 0 Å². The molecule has 4 heteroatoms. The molecule has 4 nitrogen and oxygen atoms in total. The van der Waals surface area contributed by atoms with Gasteiger partial charge in [0.25, 0.3) is 5.91 Å². The normalized spacial score (nSPS) is 10.6. The molecule has 0 saturated carbocycles. The molecule has 0 atom stereocenters. The number of carbonyl (C=O) groups is 2. The third-order valence-electron chi connectivity index (χ3n) is 5.27. The van der Waals surface area contributed by atoms with Crippen molar-refractivity contribution in [1.29, 1.82) is 0 Å². The van der Waals surface area contributed by atoms with E-state index in [0.717, 1.165) is 21.9 Å². The molecule has 4 rings (SSSR count). The van der Waals surface area contributed by atoms with Crippen LogP contribution in [0.1, 0.15) is 21.5 Å². The van der Waals surface area contributed by atoms with Crippen LogP contribution in [0.3, 0.4) is 0 Å². The van der Waals surface area contributed by atoms with Gasteiger partial charge in [-0.3, -0.25) is 9.59 Å². The van der Waals surface area contributed by atoms with Crippen molar-refractivity contribution in [3.8, 4) is 0 Å². The Morgan fingerprint density at radius 3 is 2.29 bits per heavy atom. The van der Waals surface area contributed by atoms with E-state index in [0.29, 0.717) is 17.8 Å². The molecule has 0 fully saturated rings. The number of rotatable bonds is 6. The Hall–Kier alpha value is -3.92. The molecule has 0 aliphatic carbocycles. The van der Waals surface area contributed by atoms with Crippen LogP contribution >= 0.6 is 0 Å². The zero-order chi connectivity index (χ0) is 21.6. The number of benzene rings is 4. The van der Waals surface area contributed by atoms with E-state index in [1.165, 1.54) is 0 Å². The van der Waals surface area contributed by atoms with Gasteiger partial charge in [-0.25, -0.2) is 0 Å². The summed E-state index contributed by atoms with van der Waals surface area (Å²) in [5.74, 6) is -0.285. The number of nitrogens with zero attached hydrogens (tertiary/aromatic N) is 1. The molecule has 0 saturated heterocycles. The first-order valence-electron chi connectivity index (χ1n) is 10.3. The first-order chi connectivity index (χ1) is 15.1. The maximum atomic E-state index is 13.1. The van der Waals surface area contributed by atoms with E-state index < -0.39 is 0 Å². The summed E-state index contributed by atoms with van der Waals surface area (Å²) in [7, 11) is 1.77.